The molecule has 0 radical (unpaired) electrons. The minimum atomic E-state index is -0.0365. The van der Waals surface area contributed by atoms with Crippen LogP contribution in [0.5, 0.6) is 5.75 Å². The van der Waals surface area contributed by atoms with E-state index in [0.29, 0.717) is 24.3 Å². The molecule has 2 aromatic carbocycles. The molecular weight excluding hydrogens is 388 g/mol. The lowest BCUT2D eigenvalue weighted by atomic mass is 10.1. The molecule has 0 unspecified atom stereocenters. The summed E-state index contributed by atoms with van der Waals surface area (Å²) in [6.07, 6.45) is 3.95. The number of amides is 1. The molecule has 0 atom stereocenters. The predicted octanol–water partition coefficient (Wildman–Crippen LogP) is 3.05. The number of hydrogen-bond donors (Lipinski definition) is 1. The van der Waals surface area contributed by atoms with E-state index in [1.54, 1.807) is 0 Å². The molecule has 6 nitrogen and oxygen atoms in total. The zero-order chi connectivity index (χ0) is 21.5. The molecule has 6 heteroatoms. The largest absolute Gasteiger partial charge is 0.488 e. The Morgan fingerprint density at radius 1 is 1.03 bits per heavy atom. The van der Waals surface area contributed by atoms with Crippen molar-refractivity contribution in [2.45, 2.75) is 12.8 Å². The van der Waals surface area contributed by atoms with Gasteiger partial charge in [-0.05, 0) is 55.8 Å². The third-order valence-electron chi connectivity index (χ3n) is 5.84. The van der Waals surface area contributed by atoms with Gasteiger partial charge in [0.1, 0.15) is 12.4 Å². The molecule has 2 heterocycles. The van der Waals surface area contributed by atoms with Crippen LogP contribution in [0.15, 0.2) is 54.1 Å². The zero-order valence-corrected chi connectivity index (χ0v) is 17.7. The molecule has 0 bridgehead atoms. The standard InChI is InChI=1S/C25H28N4O2/c26-18-20-7-9-23(10-8-20)29-15-13-28(14-16-29)12-4-3-11-27-25(30)22-17-21-5-1-2-6-24(21)31-19-22/h1-2,5-10,17H,3-4,11-16,19H2,(H,27,30). The van der Waals surface area contributed by atoms with Crippen LogP contribution in [0.25, 0.3) is 6.08 Å². The van der Waals surface area contributed by atoms with E-state index in [4.69, 9.17) is 10.00 Å². The summed E-state index contributed by atoms with van der Waals surface area (Å²) in [5, 5.41) is 11.9. The number of anilines is 1. The maximum Gasteiger partial charge on any atom is 0.250 e. The van der Waals surface area contributed by atoms with Crippen LogP contribution in [0.4, 0.5) is 5.69 Å². The third-order valence-corrected chi connectivity index (χ3v) is 5.84. The summed E-state index contributed by atoms with van der Waals surface area (Å²) in [7, 11) is 0. The van der Waals surface area contributed by atoms with Gasteiger partial charge in [-0.25, -0.2) is 0 Å². The van der Waals surface area contributed by atoms with Crippen molar-refractivity contribution in [1.29, 1.82) is 5.26 Å². The monoisotopic (exact) mass is 416 g/mol. The van der Waals surface area contributed by atoms with Gasteiger partial charge in [-0.3, -0.25) is 9.69 Å². The van der Waals surface area contributed by atoms with Crippen molar-refractivity contribution >= 4 is 17.7 Å². The predicted molar refractivity (Wildman–Crippen MR) is 122 cm³/mol. The highest BCUT2D eigenvalue weighted by Crippen LogP contribution is 2.25. The lowest BCUT2D eigenvalue weighted by Gasteiger charge is -2.36. The van der Waals surface area contributed by atoms with Crippen LogP contribution in [0.3, 0.4) is 0 Å². The number of unbranched alkanes of at least 4 members (excludes halogenated alkanes) is 1. The van der Waals surface area contributed by atoms with Gasteiger partial charge in [0.15, 0.2) is 0 Å². The second-order valence-corrected chi connectivity index (χ2v) is 7.95. The molecule has 0 saturated carbocycles. The molecule has 1 amide bonds. The minimum Gasteiger partial charge on any atom is -0.488 e. The Kier molecular flexibility index (Phi) is 6.85. The number of hydrogen-bond acceptors (Lipinski definition) is 5. The average molecular weight is 417 g/mol. The third kappa shape index (κ3) is 5.44. The van der Waals surface area contributed by atoms with Crippen LogP contribution in [0.1, 0.15) is 24.0 Å². The number of carbonyl (C=O) groups excluding carboxylic acids is 1. The molecule has 2 aliphatic heterocycles. The Hall–Kier alpha value is -3.30. The summed E-state index contributed by atoms with van der Waals surface area (Å²) < 4.78 is 5.66. The van der Waals surface area contributed by atoms with Gasteiger partial charge in [-0.2, -0.15) is 5.26 Å². The number of ether oxygens (including phenoxy) is 1. The topological polar surface area (TPSA) is 68.6 Å². The summed E-state index contributed by atoms with van der Waals surface area (Å²) in [5.74, 6) is 0.795. The Bertz CT molecular complexity index is 970. The number of fused-ring (bicyclic) bond motifs is 1. The first kappa shape index (κ1) is 21.0. The van der Waals surface area contributed by atoms with Crippen LogP contribution < -0.4 is 15.0 Å². The maximum atomic E-state index is 12.4. The fourth-order valence-electron chi connectivity index (χ4n) is 4.00. The highest BCUT2D eigenvalue weighted by molar-refractivity contribution is 5.99. The number of piperazine rings is 1. The number of carbonyl (C=O) groups is 1. The van der Waals surface area contributed by atoms with Crippen LogP contribution in [-0.4, -0.2) is 56.7 Å². The van der Waals surface area contributed by atoms with Gasteiger partial charge >= 0.3 is 0 Å². The van der Waals surface area contributed by atoms with E-state index >= 15 is 0 Å². The van der Waals surface area contributed by atoms with Gasteiger partial charge in [-0.1, -0.05) is 18.2 Å². The van der Waals surface area contributed by atoms with Crippen LogP contribution in [0.2, 0.25) is 0 Å². The van der Waals surface area contributed by atoms with Gasteiger partial charge in [0.2, 0.25) is 0 Å². The Morgan fingerprint density at radius 2 is 1.81 bits per heavy atom. The molecular formula is C25H28N4O2. The van der Waals surface area contributed by atoms with E-state index in [2.05, 4.69) is 21.2 Å². The van der Waals surface area contributed by atoms with Gasteiger partial charge in [0, 0.05) is 44.0 Å². The molecule has 2 aliphatic rings. The number of nitriles is 1. The number of benzene rings is 2. The van der Waals surface area contributed by atoms with Crippen molar-refractivity contribution in [3.63, 3.8) is 0 Å². The van der Waals surface area contributed by atoms with Gasteiger partial charge in [-0.15, -0.1) is 0 Å². The molecule has 0 spiro atoms. The molecule has 31 heavy (non-hydrogen) atoms. The van der Waals surface area contributed by atoms with Crippen LogP contribution in [0, 0.1) is 11.3 Å². The first-order chi connectivity index (χ1) is 15.2. The number of para-hydroxylation sites is 1. The van der Waals surface area contributed by atoms with Crippen molar-refractivity contribution < 1.29 is 9.53 Å². The maximum absolute atomic E-state index is 12.4. The highest BCUT2D eigenvalue weighted by Gasteiger charge is 2.18. The fourth-order valence-corrected chi connectivity index (χ4v) is 4.00. The van der Waals surface area contributed by atoms with E-state index in [1.165, 1.54) is 5.69 Å². The fraction of sp³-hybridized carbons (Fsp3) is 0.360. The molecule has 160 valence electrons. The second kappa shape index (κ2) is 10.1. The summed E-state index contributed by atoms with van der Waals surface area (Å²) in [4.78, 5) is 17.2. The lowest BCUT2D eigenvalue weighted by molar-refractivity contribution is -0.117. The number of nitrogens with zero attached hydrogens (tertiary/aromatic N) is 3. The van der Waals surface area contributed by atoms with E-state index in [-0.39, 0.29) is 5.91 Å². The van der Waals surface area contributed by atoms with Crippen molar-refractivity contribution in [2.24, 2.45) is 0 Å². The van der Waals surface area contributed by atoms with E-state index in [0.717, 1.165) is 56.9 Å². The molecule has 4 rings (SSSR count). The van der Waals surface area contributed by atoms with Crippen molar-refractivity contribution in [3.05, 3.63) is 65.2 Å². The van der Waals surface area contributed by atoms with Gasteiger partial charge in [0.25, 0.3) is 5.91 Å². The summed E-state index contributed by atoms with van der Waals surface area (Å²) >= 11 is 0. The van der Waals surface area contributed by atoms with E-state index in [9.17, 15) is 4.79 Å². The average Bonchev–Trinajstić information content (AvgIpc) is 2.84. The highest BCUT2D eigenvalue weighted by atomic mass is 16.5. The van der Waals surface area contributed by atoms with Gasteiger partial charge < -0.3 is 15.0 Å². The smallest absolute Gasteiger partial charge is 0.250 e. The number of rotatable bonds is 7. The van der Waals surface area contributed by atoms with E-state index < -0.39 is 0 Å². The summed E-state index contributed by atoms with van der Waals surface area (Å²) in [6.45, 7) is 6.13. The zero-order valence-electron chi connectivity index (χ0n) is 17.7. The van der Waals surface area contributed by atoms with Crippen LogP contribution >= 0.6 is 0 Å². The Balaban J connectivity index is 1.13. The van der Waals surface area contributed by atoms with Crippen molar-refractivity contribution in [3.8, 4) is 11.8 Å². The van der Waals surface area contributed by atoms with Gasteiger partial charge in [0.05, 0.1) is 17.2 Å². The number of nitrogens with one attached hydrogen (secondary N) is 1. The Morgan fingerprint density at radius 3 is 2.58 bits per heavy atom. The molecule has 0 aromatic heterocycles. The SMILES string of the molecule is N#Cc1ccc(N2CCN(CCCCNC(=O)C3=Cc4ccccc4OC3)CC2)cc1. The van der Waals surface area contributed by atoms with E-state index in [1.807, 2.05) is 54.6 Å². The minimum absolute atomic E-state index is 0.0365. The lowest BCUT2D eigenvalue weighted by Crippen LogP contribution is -2.46. The first-order valence-corrected chi connectivity index (χ1v) is 10.9. The summed E-state index contributed by atoms with van der Waals surface area (Å²) in [5.41, 5.74) is 3.52. The van der Waals surface area contributed by atoms with Crippen LogP contribution in [-0.2, 0) is 4.79 Å². The molecule has 0 aliphatic carbocycles. The molecule has 2 aromatic rings. The van der Waals surface area contributed by atoms with Crippen molar-refractivity contribution in [2.75, 3.05) is 50.8 Å². The second-order valence-electron chi connectivity index (χ2n) is 7.95. The first-order valence-electron chi connectivity index (χ1n) is 10.9. The molecule has 1 saturated heterocycles. The normalized spacial score (nSPS) is 16.0. The van der Waals surface area contributed by atoms with Crippen molar-refractivity contribution in [1.82, 2.24) is 10.2 Å². The molecule has 1 N–H and O–H groups in total. The molecule has 1 fully saturated rings. The summed E-state index contributed by atoms with van der Waals surface area (Å²) in [6, 6.07) is 17.7. The Labute approximate surface area is 183 Å². The quantitative estimate of drug-likeness (QED) is 0.703.